The highest BCUT2D eigenvalue weighted by Crippen LogP contribution is 2.37. The topological polar surface area (TPSA) is 48.1 Å². The van der Waals surface area contributed by atoms with Crippen LogP contribution >= 0.6 is 11.8 Å². The second-order valence-corrected chi connectivity index (χ2v) is 5.90. The van der Waals surface area contributed by atoms with Gasteiger partial charge < -0.3 is 10.5 Å². The van der Waals surface area contributed by atoms with Crippen LogP contribution < -0.4 is 10.5 Å². The lowest BCUT2D eigenvalue weighted by atomic mass is 10.1. The van der Waals surface area contributed by atoms with Gasteiger partial charge in [-0.3, -0.25) is 0 Å². The molecule has 0 amide bonds. The van der Waals surface area contributed by atoms with Gasteiger partial charge in [0.05, 0.1) is 12.0 Å². The zero-order valence-electron chi connectivity index (χ0n) is 11.6. The van der Waals surface area contributed by atoms with E-state index in [2.05, 4.69) is 12.1 Å². The number of fused-ring (bicyclic) bond motifs is 1. The summed E-state index contributed by atoms with van der Waals surface area (Å²) in [6.07, 6.45) is 3.42. The van der Waals surface area contributed by atoms with Gasteiger partial charge in [-0.25, -0.2) is 4.98 Å². The van der Waals surface area contributed by atoms with E-state index in [1.165, 1.54) is 17.7 Å². The quantitative estimate of drug-likeness (QED) is 0.937. The lowest BCUT2D eigenvalue weighted by Gasteiger charge is -2.12. The van der Waals surface area contributed by atoms with E-state index in [-0.39, 0.29) is 0 Å². The second-order valence-electron chi connectivity index (χ2n) is 4.87. The average Bonchev–Trinajstić information content (AvgIpc) is 2.94. The summed E-state index contributed by atoms with van der Waals surface area (Å²) < 4.78 is 5.40. The van der Waals surface area contributed by atoms with Gasteiger partial charge in [-0.05, 0) is 42.5 Å². The number of nitrogens with two attached hydrogens (primary N) is 1. The van der Waals surface area contributed by atoms with Crippen LogP contribution in [0.4, 0.5) is 0 Å². The molecule has 0 bridgehead atoms. The van der Waals surface area contributed by atoms with Crippen molar-refractivity contribution in [3.05, 3.63) is 47.2 Å². The number of methoxy groups -OCH3 is 1. The number of aromatic nitrogens is 1. The zero-order valence-corrected chi connectivity index (χ0v) is 12.4. The van der Waals surface area contributed by atoms with Gasteiger partial charge in [0.15, 0.2) is 0 Å². The maximum Gasteiger partial charge on any atom is 0.132 e. The molecule has 1 aliphatic carbocycles. The molecule has 0 saturated heterocycles. The van der Waals surface area contributed by atoms with Crippen molar-refractivity contribution in [3.63, 3.8) is 0 Å². The normalized spacial score (nSPS) is 13.3. The van der Waals surface area contributed by atoms with Gasteiger partial charge in [0.1, 0.15) is 10.8 Å². The standard InChI is InChI=1S/C16H18N2OS/c1-19-14-7-2-3-8-15(14)20-16-12(10-17)9-11-5-4-6-13(11)18-16/h2-3,7-9H,4-6,10,17H2,1H3. The molecule has 0 saturated carbocycles. The Morgan fingerprint density at radius 3 is 2.95 bits per heavy atom. The Hall–Kier alpha value is -1.52. The highest BCUT2D eigenvalue weighted by molar-refractivity contribution is 7.99. The first kappa shape index (κ1) is 13.5. The molecule has 1 aliphatic rings. The molecule has 20 heavy (non-hydrogen) atoms. The van der Waals surface area contributed by atoms with Crippen LogP contribution in [0.5, 0.6) is 5.75 Å². The lowest BCUT2D eigenvalue weighted by molar-refractivity contribution is 0.405. The van der Waals surface area contributed by atoms with Crippen molar-refractivity contribution in [2.24, 2.45) is 5.73 Å². The van der Waals surface area contributed by atoms with E-state index in [0.29, 0.717) is 6.54 Å². The van der Waals surface area contributed by atoms with E-state index in [9.17, 15) is 0 Å². The van der Waals surface area contributed by atoms with E-state index in [1.807, 2.05) is 18.2 Å². The lowest BCUT2D eigenvalue weighted by Crippen LogP contribution is -2.03. The second kappa shape index (κ2) is 5.85. The highest BCUT2D eigenvalue weighted by Gasteiger charge is 2.17. The summed E-state index contributed by atoms with van der Waals surface area (Å²) in [5.41, 5.74) is 9.62. The Morgan fingerprint density at radius 2 is 2.15 bits per heavy atom. The van der Waals surface area contributed by atoms with Gasteiger partial charge in [-0.1, -0.05) is 30.0 Å². The Kier molecular flexibility index (Phi) is 3.94. The summed E-state index contributed by atoms with van der Waals surface area (Å²) >= 11 is 1.64. The van der Waals surface area contributed by atoms with E-state index >= 15 is 0 Å². The van der Waals surface area contributed by atoms with Crippen LogP contribution in [0.2, 0.25) is 0 Å². The molecule has 1 aromatic carbocycles. The molecular formula is C16H18N2OS. The molecule has 0 atom stereocenters. The molecule has 1 heterocycles. The fourth-order valence-corrected chi connectivity index (χ4v) is 3.58. The predicted octanol–water partition coefficient (Wildman–Crippen LogP) is 3.19. The minimum Gasteiger partial charge on any atom is -0.496 e. The van der Waals surface area contributed by atoms with E-state index < -0.39 is 0 Å². The van der Waals surface area contributed by atoms with Gasteiger partial charge in [-0.15, -0.1) is 0 Å². The van der Waals surface area contributed by atoms with Crippen molar-refractivity contribution >= 4 is 11.8 Å². The molecular weight excluding hydrogens is 268 g/mol. The molecule has 0 aliphatic heterocycles. The number of hydrogen-bond donors (Lipinski definition) is 1. The first-order valence-corrected chi connectivity index (χ1v) is 7.66. The number of ether oxygens (including phenoxy) is 1. The van der Waals surface area contributed by atoms with Crippen LogP contribution in [-0.4, -0.2) is 12.1 Å². The van der Waals surface area contributed by atoms with Crippen molar-refractivity contribution in [2.45, 2.75) is 35.7 Å². The smallest absolute Gasteiger partial charge is 0.132 e. The number of aryl methyl sites for hydroxylation is 2. The molecule has 0 fully saturated rings. The van der Waals surface area contributed by atoms with Crippen molar-refractivity contribution in [2.75, 3.05) is 7.11 Å². The third kappa shape index (κ3) is 2.53. The summed E-state index contributed by atoms with van der Waals surface area (Å²) in [6, 6.07) is 10.2. The maximum absolute atomic E-state index is 5.88. The minimum atomic E-state index is 0.526. The first-order chi connectivity index (χ1) is 9.81. The minimum absolute atomic E-state index is 0.526. The van der Waals surface area contributed by atoms with Gasteiger partial charge in [0.2, 0.25) is 0 Å². The number of pyridine rings is 1. The van der Waals surface area contributed by atoms with Crippen molar-refractivity contribution < 1.29 is 4.74 Å². The zero-order chi connectivity index (χ0) is 13.9. The SMILES string of the molecule is COc1ccccc1Sc1nc2c(cc1CN)CCC2. The third-order valence-corrected chi connectivity index (χ3v) is 4.69. The van der Waals surface area contributed by atoms with Crippen molar-refractivity contribution in [1.82, 2.24) is 4.98 Å². The van der Waals surface area contributed by atoms with Gasteiger partial charge in [0.25, 0.3) is 0 Å². The molecule has 0 unspecified atom stereocenters. The fourth-order valence-electron chi connectivity index (χ4n) is 2.54. The molecule has 0 spiro atoms. The van der Waals surface area contributed by atoms with Crippen LogP contribution in [-0.2, 0) is 19.4 Å². The third-order valence-electron chi connectivity index (χ3n) is 3.59. The van der Waals surface area contributed by atoms with Crippen molar-refractivity contribution in [3.8, 4) is 5.75 Å². The monoisotopic (exact) mass is 286 g/mol. The Bertz CT molecular complexity index is 628. The van der Waals surface area contributed by atoms with Crippen LogP contribution in [0.1, 0.15) is 23.2 Å². The number of para-hydroxylation sites is 1. The number of nitrogens with zero attached hydrogens (tertiary/aromatic N) is 1. The molecule has 3 nitrogen and oxygen atoms in total. The first-order valence-electron chi connectivity index (χ1n) is 6.84. The predicted molar refractivity (Wildman–Crippen MR) is 81.3 cm³/mol. The number of hydrogen-bond acceptors (Lipinski definition) is 4. The number of benzene rings is 1. The van der Waals surface area contributed by atoms with Crippen LogP contribution in [0.15, 0.2) is 40.3 Å². The summed E-state index contributed by atoms with van der Waals surface area (Å²) in [6.45, 7) is 0.526. The Labute approximate surface area is 123 Å². The molecule has 2 aromatic rings. The Balaban J connectivity index is 1.98. The van der Waals surface area contributed by atoms with Crippen LogP contribution in [0.3, 0.4) is 0 Å². The maximum atomic E-state index is 5.88. The van der Waals surface area contributed by atoms with Gasteiger partial charge in [0, 0.05) is 12.2 Å². The molecule has 3 rings (SSSR count). The summed E-state index contributed by atoms with van der Waals surface area (Å²) in [7, 11) is 1.69. The highest BCUT2D eigenvalue weighted by atomic mass is 32.2. The van der Waals surface area contributed by atoms with Crippen molar-refractivity contribution in [1.29, 1.82) is 0 Å². The van der Waals surface area contributed by atoms with Gasteiger partial charge >= 0.3 is 0 Å². The fraction of sp³-hybridized carbons (Fsp3) is 0.312. The van der Waals surface area contributed by atoms with E-state index in [0.717, 1.165) is 34.1 Å². The van der Waals surface area contributed by atoms with Gasteiger partial charge in [-0.2, -0.15) is 0 Å². The number of rotatable bonds is 4. The largest absolute Gasteiger partial charge is 0.496 e. The molecule has 2 N–H and O–H groups in total. The van der Waals surface area contributed by atoms with E-state index in [1.54, 1.807) is 18.9 Å². The molecule has 104 valence electrons. The summed E-state index contributed by atoms with van der Waals surface area (Å²) in [5.74, 6) is 0.878. The Morgan fingerprint density at radius 1 is 1.30 bits per heavy atom. The molecule has 1 aromatic heterocycles. The van der Waals surface area contributed by atoms with Crippen LogP contribution in [0, 0.1) is 0 Å². The average molecular weight is 286 g/mol. The van der Waals surface area contributed by atoms with Crippen LogP contribution in [0.25, 0.3) is 0 Å². The summed E-state index contributed by atoms with van der Waals surface area (Å²) in [4.78, 5) is 5.90. The molecule has 0 radical (unpaired) electrons. The van der Waals surface area contributed by atoms with E-state index in [4.69, 9.17) is 15.5 Å². The summed E-state index contributed by atoms with van der Waals surface area (Å²) in [5, 5.41) is 1.01. The molecule has 4 heteroatoms.